The van der Waals surface area contributed by atoms with Crippen LogP contribution >= 0.6 is 11.3 Å². The average molecular weight is 266 g/mol. The molecule has 2 atom stereocenters. The summed E-state index contributed by atoms with van der Waals surface area (Å²) in [6.07, 6.45) is 2.51. The molecule has 0 unspecified atom stereocenters. The van der Waals surface area contributed by atoms with Crippen molar-refractivity contribution < 1.29 is 4.79 Å². The molecule has 1 aromatic heterocycles. The van der Waals surface area contributed by atoms with E-state index in [0.717, 1.165) is 19.0 Å². The molecule has 1 fully saturated rings. The lowest BCUT2D eigenvalue weighted by Crippen LogP contribution is -2.42. The van der Waals surface area contributed by atoms with Crippen molar-refractivity contribution in [2.45, 2.75) is 32.7 Å². The Bertz CT molecular complexity index is 377. The molecule has 1 N–H and O–H groups in total. The first-order valence-electron chi connectivity index (χ1n) is 6.70. The highest BCUT2D eigenvalue weighted by Crippen LogP contribution is 2.18. The molecule has 1 amide bonds. The van der Waals surface area contributed by atoms with E-state index in [9.17, 15) is 4.79 Å². The van der Waals surface area contributed by atoms with Gasteiger partial charge in [0.05, 0.1) is 12.6 Å². The molecule has 3 nitrogen and oxygen atoms in total. The number of hydrogen-bond acceptors (Lipinski definition) is 3. The first-order chi connectivity index (χ1) is 8.65. The fourth-order valence-corrected chi connectivity index (χ4v) is 3.26. The zero-order chi connectivity index (χ0) is 13.0. The van der Waals surface area contributed by atoms with E-state index in [1.165, 1.54) is 17.7 Å². The summed E-state index contributed by atoms with van der Waals surface area (Å²) in [6.45, 7) is 6.97. The van der Waals surface area contributed by atoms with Gasteiger partial charge in [0.2, 0.25) is 5.91 Å². The first-order valence-corrected chi connectivity index (χ1v) is 7.58. The van der Waals surface area contributed by atoms with Crippen LogP contribution in [0.3, 0.4) is 0 Å². The van der Waals surface area contributed by atoms with Crippen LogP contribution in [-0.2, 0) is 4.79 Å². The van der Waals surface area contributed by atoms with Crippen molar-refractivity contribution in [1.82, 2.24) is 10.2 Å². The minimum atomic E-state index is 0.125. The summed E-state index contributed by atoms with van der Waals surface area (Å²) in [4.78, 5) is 15.5. The summed E-state index contributed by atoms with van der Waals surface area (Å²) in [5.41, 5.74) is 0. The quantitative estimate of drug-likeness (QED) is 0.908. The highest BCUT2D eigenvalue weighted by Gasteiger charge is 2.19. The second-order valence-corrected chi connectivity index (χ2v) is 6.27. The summed E-state index contributed by atoms with van der Waals surface area (Å²) in [5.74, 6) is 0.867. The SMILES string of the molecule is C[C@H]1CCCN(CC(=O)N[C@H](C)c2cccs2)C1. The lowest BCUT2D eigenvalue weighted by Gasteiger charge is -2.30. The average Bonchev–Trinajstić information content (AvgIpc) is 2.81. The molecule has 18 heavy (non-hydrogen) atoms. The normalized spacial score (nSPS) is 22.7. The lowest BCUT2D eigenvalue weighted by molar-refractivity contribution is -0.123. The van der Waals surface area contributed by atoms with Gasteiger partial charge in [-0.25, -0.2) is 0 Å². The zero-order valence-corrected chi connectivity index (χ0v) is 12.0. The van der Waals surface area contributed by atoms with Crippen LogP contribution < -0.4 is 5.32 Å². The van der Waals surface area contributed by atoms with Crippen molar-refractivity contribution >= 4 is 17.2 Å². The van der Waals surface area contributed by atoms with Crippen LogP contribution in [0.4, 0.5) is 0 Å². The minimum absolute atomic E-state index is 0.125. The van der Waals surface area contributed by atoms with Gasteiger partial charge in [-0.2, -0.15) is 0 Å². The zero-order valence-electron chi connectivity index (χ0n) is 11.2. The highest BCUT2D eigenvalue weighted by molar-refractivity contribution is 7.10. The van der Waals surface area contributed by atoms with Crippen LogP contribution in [-0.4, -0.2) is 30.4 Å². The first kappa shape index (κ1) is 13.6. The van der Waals surface area contributed by atoms with Gasteiger partial charge in [-0.3, -0.25) is 9.69 Å². The third-order valence-corrected chi connectivity index (χ3v) is 4.51. The molecular weight excluding hydrogens is 244 g/mol. The van der Waals surface area contributed by atoms with Gasteiger partial charge in [0, 0.05) is 11.4 Å². The summed E-state index contributed by atoms with van der Waals surface area (Å²) in [6, 6.07) is 4.22. The third-order valence-electron chi connectivity index (χ3n) is 3.46. The molecule has 2 heterocycles. The molecule has 1 aliphatic heterocycles. The van der Waals surface area contributed by atoms with E-state index in [1.54, 1.807) is 11.3 Å². The van der Waals surface area contributed by atoms with Gasteiger partial charge in [0.25, 0.3) is 0 Å². The fraction of sp³-hybridized carbons (Fsp3) is 0.643. The maximum absolute atomic E-state index is 12.0. The number of nitrogens with zero attached hydrogens (tertiary/aromatic N) is 1. The predicted molar refractivity (Wildman–Crippen MR) is 75.7 cm³/mol. The van der Waals surface area contributed by atoms with E-state index >= 15 is 0 Å². The molecule has 0 bridgehead atoms. The molecule has 0 radical (unpaired) electrons. The molecule has 0 spiro atoms. The number of amides is 1. The molecule has 0 aliphatic carbocycles. The van der Waals surface area contributed by atoms with E-state index < -0.39 is 0 Å². The number of hydrogen-bond donors (Lipinski definition) is 1. The number of thiophene rings is 1. The van der Waals surface area contributed by atoms with Gasteiger partial charge < -0.3 is 5.32 Å². The monoisotopic (exact) mass is 266 g/mol. The van der Waals surface area contributed by atoms with Gasteiger partial charge in [-0.1, -0.05) is 13.0 Å². The highest BCUT2D eigenvalue weighted by atomic mass is 32.1. The Labute approximate surface area is 113 Å². The Morgan fingerprint density at radius 2 is 2.50 bits per heavy atom. The van der Waals surface area contributed by atoms with Crippen molar-refractivity contribution in [1.29, 1.82) is 0 Å². The number of rotatable bonds is 4. The second-order valence-electron chi connectivity index (χ2n) is 5.29. The molecule has 1 saturated heterocycles. The van der Waals surface area contributed by atoms with Crippen molar-refractivity contribution in [3.63, 3.8) is 0 Å². The van der Waals surface area contributed by atoms with E-state index in [4.69, 9.17) is 0 Å². The Balaban J connectivity index is 1.78. The molecule has 0 aromatic carbocycles. The summed E-state index contributed by atoms with van der Waals surface area (Å²) in [7, 11) is 0. The van der Waals surface area contributed by atoms with Crippen molar-refractivity contribution in [3.05, 3.63) is 22.4 Å². The van der Waals surface area contributed by atoms with Crippen LogP contribution in [0.5, 0.6) is 0 Å². The number of likely N-dealkylation sites (tertiary alicyclic amines) is 1. The van der Waals surface area contributed by atoms with E-state index in [0.29, 0.717) is 6.54 Å². The number of nitrogens with one attached hydrogen (secondary N) is 1. The summed E-state index contributed by atoms with van der Waals surface area (Å²) in [5, 5.41) is 5.12. The van der Waals surface area contributed by atoms with Gasteiger partial charge in [-0.15, -0.1) is 11.3 Å². The fourth-order valence-electron chi connectivity index (χ4n) is 2.53. The molecule has 1 aliphatic rings. The minimum Gasteiger partial charge on any atom is -0.348 e. The number of piperidine rings is 1. The Morgan fingerprint density at radius 3 is 3.17 bits per heavy atom. The van der Waals surface area contributed by atoms with E-state index in [1.807, 2.05) is 18.4 Å². The van der Waals surface area contributed by atoms with Crippen molar-refractivity contribution in [2.24, 2.45) is 5.92 Å². The van der Waals surface area contributed by atoms with Gasteiger partial charge in [0.1, 0.15) is 0 Å². The molecule has 2 rings (SSSR count). The predicted octanol–water partition coefficient (Wildman–Crippen LogP) is 2.66. The van der Waals surface area contributed by atoms with Crippen molar-refractivity contribution in [2.75, 3.05) is 19.6 Å². The largest absolute Gasteiger partial charge is 0.348 e. The van der Waals surface area contributed by atoms with Crippen LogP contribution in [0, 0.1) is 5.92 Å². The summed E-state index contributed by atoms with van der Waals surface area (Å²) >= 11 is 1.69. The Hall–Kier alpha value is -0.870. The standard InChI is InChI=1S/C14H22N2OS/c1-11-5-3-7-16(9-11)10-14(17)15-12(2)13-6-4-8-18-13/h4,6,8,11-12H,3,5,7,9-10H2,1-2H3,(H,15,17)/t11-,12+/m0/s1. The van der Waals surface area contributed by atoms with E-state index in [-0.39, 0.29) is 11.9 Å². The maximum Gasteiger partial charge on any atom is 0.234 e. The number of carbonyl (C=O) groups is 1. The topological polar surface area (TPSA) is 32.3 Å². The molecule has 4 heteroatoms. The Kier molecular flexibility index (Phi) is 4.78. The van der Waals surface area contributed by atoms with Crippen molar-refractivity contribution in [3.8, 4) is 0 Å². The Morgan fingerprint density at radius 1 is 1.67 bits per heavy atom. The molecule has 1 aromatic rings. The van der Waals surface area contributed by atoms with Crippen LogP contribution in [0.25, 0.3) is 0 Å². The maximum atomic E-state index is 12.0. The van der Waals surface area contributed by atoms with E-state index in [2.05, 4.69) is 23.2 Å². The van der Waals surface area contributed by atoms with Crippen LogP contribution in [0.1, 0.15) is 37.6 Å². The van der Waals surface area contributed by atoms with Gasteiger partial charge >= 0.3 is 0 Å². The van der Waals surface area contributed by atoms with Gasteiger partial charge in [-0.05, 0) is 43.7 Å². The van der Waals surface area contributed by atoms with Crippen LogP contribution in [0.15, 0.2) is 17.5 Å². The third kappa shape index (κ3) is 3.82. The summed E-state index contributed by atoms with van der Waals surface area (Å²) < 4.78 is 0. The lowest BCUT2D eigenvalue weighted by atomic mass is 10.0. The van der Waals surface area contributed by atoms with Gasteiger partial charge in [0.15, 0.2) is 0 Å². The van der Waals surface area contributed by atoms with Crippen LogP contribution in [0.2, 0.25) is 0 Å². The molecule has 0 saturated carbocycles. The second kappa shape index (κ2) is 6.34. The smallest absolute Gasteiger partial charge is 0.234 e. The molecule has 100 valence electrons. The number of carbonyl (C=O) groups excluding carboxylic acids is 1. The molecular formula is C14H22N2OS.